The van der Waals surface area contributed by atoms with Gasteiger partial charge < -0.3 is 5.32 Å². The van der Waals surface area contributed by atoms with Crippen LogP contribution in [0, 0.1) is 9.39 Å². The maximum atomic E-state index is 13.6. The summed E-state index contributed by atoms with van der Waals surface area (Å²) in [5.74, 6) is -0.189. The van der Waals surface area contributed by atoms with Gasteiger partial charge in [0, 0.05) is 26.9 Å². The second-order valence-corrected chi connectivity index (χ2v) is 5.74. The molecule has 0 radical (unpaired) electrons. The molecule has 0 saturated carbocycles. The van der Waals surface area contributed by atoms with Crippen molar-refractivity contribution in [3.8, 4) is 0 Å². The molecule has 0 fully saturated rings. The largest absolute Gasteiger partial charge is 0.384 e. The smallest absolute Gasteiger partial charge is 0.125 e. The second kappa shape index (κ2) is 4.64. The lowest BCUT2D eigenvalue weighted by Crippen LogP contribution is -2.04. The van der Waals surface area contributed by atoms with Crippen molar-refractivity contribution in [3.63, 3.8) is 0 Å². The zero-order valence-corrected chi connectivity index (χ0v) is 12.3. The third-order valence-electron chi connectivity index (χ3n) is 3.39. The molecule has 1 aromatic carbocycles. The standard InChI is InChI=1S/C14H14FIN2/c1-2-17-13-9-4-3-5-12(9)18-14-10(13)6-8(15)7-11(14)16/h6-7H,2-5H2,1H3,(H,17,18). The summed E-state index contributed by atoms with van der Waals surface area (Å²) in [4.78, 5) is 4.73. The SMILES string of the molecule is CCNc1c2c(nc3c(I)cc(F)cc13)CCC2. The highest BCUT2D eigenvalue weighted by Gasteiger charge is 2.20. The lowest BCUT2D eigenvalue weighted by molar-refractivity contribution is 0.628. The molecular formula is C14H14FIN2. The molecule has 18 heavy (non-hydrogen) atoms. The van der Waals surface area contributed by atoms with Crippen LogP contribution in [-0.4, -0.2) is 11.5 Å². The minimum Gasteiger partial charge on any atom is -0.384 e. The van der Waals surface area contributed by atoms with Crippen LogP contribution in [0.25, 0.3) is 10.9 Å². The average molecular weight is 356 g/mol. The van der Waals surface area contributed by atoms with Gasteiger partial charge in [0.15, 0.2) is 0 Å². The lowest BCUT2D eigenvalue weighted by Gasteiger charge is -2.14. The van der Waals surface area contributed by atoms with Gasteiger partial charge in [-0.2, -0.15) is 0 Å². The predicted octanol–water partition coefficient (Wildman–Crippen LogP) is 3.90. The third-order valence-corrected chi connectivity index (χ3v) is 4.21. The molecule has 2 nitrogen and oxygen atoms in total. The first kappa shape index (κ1) is 12.1. The van der Waals surface area contributed by atoms with Gasteiger partial charge >= 0.3 is 0 Å². The zero-order chi connectivity index (χ0) is 12.7. The van der Waals surface area contributed by atoms with Crippen molar-refractivity contribution in [2.45, 2.75) is 26.2 Å². The molecule has 0 atom stereocenters. The van der Waals surface area contributed by atoms with E-state index in [1.54, 1.807) is 12.1 Å². The molecule has 0 amide bonds. The van der Waals surface area contributed by atoms with Gasteiger partial charge in [-0.3, -0.25) is 4.98 Å². The second-order valence-electron chi connectivity index (χ2n) is 4.58. The molecule has 1 aromatic heterocycles. The minimum absolute atomic E-state index is 0.189. The highest BCUT2D eigenvalue weighted by atomic mass is 127. The van der Waals surface area contributed by atoms with E-state index in [9.17, 15) is 4.39 Å². The van der Waals surface area contributed by atoms with Gasteiger partial charge in [-0.05, 0) is 66.5 Å². The van der Waals surface area contributed by atoms with E-state index in [0.29, 0.717) is 0 Å². The number of pyridine rings is 1. The molecular weight excluding hydrogens is 342 g/mol. The number of rotatable bonds is 2. The molecule has 1 aliphatic carbocycles. The molecule has 4 heteroatoms. The molecule has 0 bridgehead atoms. The van der Waals surface area contributed by atoms with Crippen LogP contribution in [0.1, 0.15) is 24.6 Å². The fourth-order valence-corrected chi connectivity index (χ4v) is 3.38. The highest BCUT2D eigenvalue weighted by Crippen LogP contribution is 2.35. The average Bonchev–Trinajstić information content (AvgIpc) is 2.78. The molecule has 0 spiro atoms. The van der Waals surface area contributed by atoms with E-state index < -0.39 is 0 Å². The third kappa shape index (κ3) is 1.86. The molecule has 0 unspecified atom stereocenters. The summed E-state index contributed by atoms with van der Waals surface area (Å²) in [6.07, 6.45) is 3.24. The Morgan fingerprint density at radius 1 is 1.39 bits per heavy atom. The van der Waals surface area contributed by atoms with Crippen LogP contribution in [0.3, 0.4) is 0 Å². The van der Waals surface area contributed by atoms with Crippen molar-refractivity contribution in [3.05, 3.63) is 32.8 Å². The molecule has 0 saturated heterocycles. The van der Waals surface area contributed by atoms with E-state index in [-0.39, 0.29) is 5.82 Å². The first-order valence-corrected chi connectivity index (χ1v) is 7.33. The Kier molecular flexibility index (Phi) is 3.13. The van der Waals surface area contributed by atoms with Crippen molar-refractivity contribution in [1.29, 1.82) is 0 Å². The molecule has 1 heterocycles. The number of hydrogen-bond acceptors (Lipinski definition) is 2. The first-order chi connectivity index (χ1) is 8.70. The Hall–Kier alpha value is -0.910. The Labute approximate surface area is 119 Å². The van der Waals surface area contributed by atoms with Gasteiger partial charge in [-0.15, -0.1) is 0 Å². The van der Waals surface area contributed by atoms with Crippen LogP contribution in [0.5, 0.6) is 0 Å². The number of nitrogens with zero attached hydrogens (tertiary/aromatic N) is 1. The lowest BCUT2D eigenvalue weighted by atomic mass is 10.1. The monoisotopic (exact) mass is 356 g/mol. The van der Waals surface area contributed by atoms with Crippen molar-refractivity contribution in [2.24, 2.45) is 0 Å². The summed E-state index contributed by atoms with van der Waals surface area (Å²) >= 11 is 2.16. The topological polar surface area (TPSA) is 24.9 Å². The summed E-state index contributed by atoms with van der Waals surface area (Å²) in [5, 5.41) is 4.31. The van der Waals surface area contributed by atoms with E-state index in [2.05, 4.69) is 34.8 Å². The van der Waals surface area contributed by atoms with Crippen molar-refractivity contribution >= 4 is 39.2 Å². The van der Waals surface area contributed by atoms with E-state index in [0.717, 1.165) is 46.0 Å². The summed E-state index contributed by atoms with van der Waals surface area (Å²) in [6.45, 7) is 2.91. The van der Waals surface area contributed by atoms with E-state index in [1.165, 1.54) is 11.3 Å². The van der Waals surface area contributed by atoms with Crippen LogP contribution in [-0.2, 0) is 12.8 Å². The molecule has 0 aliphatic heterocycles. The molecule has 94 valence electrons. The zero-order valence-electron chi connectivity index (χ0n) is 10.2. The van der Waals surface area contributed by atoms with Crippen molar-refractivity contribution in [1.82, 2.24) is 4.98 Å². The van der Waals surface area contributed by atoms with Gasteiger partial charge in [-0.25, -0.2) is 4.39 Å². The van der Waals surface area contributed by atoms with Gasteiger partial charge in [0.05, 0.1) is 5.52 Å². The number of fused-ring (bicyclic) bond motifs is 2. The highest BCUT2D eigenvalue weighted by molar-refractivity contribution is 14.1. The number of hydrogen-bond donors (Lipinski definition) is 1. The summed E-state index contributed by atoms with van der Waals surface area (Å²) in [5.41, 5.74) is 4.48. The van der Waals surface area contributed by atoms with E-state index in [4.69, 9.17) is 4.98 Å². The fraction of sp³-hybridized carbons (Fsp3) is 0.357. The van der Waals surface area contributed by atoms with Crippen LogP contribution < -0.4 is 5.32 Å². The summed E-state index contributed by atoms with van der Waals surface area (Å²) in [7, 11) is 0. The van der Waals surface area contributed by atoms with Crippen molar-refractivity contribution < 1.29 is 4.39 Å². The van der Waals surface area contributed by atoms with Gasteiger partial charge in [0.2, 0.25) is 0 Å². The molecule has 2 aromatic rings. The maximum absolute atomic E-state index is 13.6. The minimum atomic E-state index is -0.189. The Balaban J connectivity index is 2.38. The van der Waals surface area contributed by atoms with Gasteiger partial charge in [0.1, 0.15) is 5.82 Å². The van der Waals surface area contributed by atoms with Crippen LogP contribution in [0.4, 0.5) is 10.1 Å². The Morgan fingerprint density at radius 2 is 2.22 bits per heavy atom. The first-order valence-electron chi connectivity index (χ1n) is 6.25. The quantitative estimate of drug-likeness (QED) is 0.826. The van der Waals surface area contributed by atoms with Crippen molar-refractivity contribution in [2.75, 3.05) is 11.9 Å². The maximum Gasteiger partial charge on any atom is 0.125 e. The summed E-state index contributed by atoms with van der Waals surface area (Å²) < 4.78 is 14.5. The number of aromatic nitrogens is 1. The number of nitrogens with one attached hydrogen (secondary N) is 1. The fourth-order valence-electron chi connectivity index (χ4n) is 2.67. The Bertz CT molecular complexity index is 625. The predicted molar refractivity (Wildman–Crippen MR) is 80.6 cm³/mol. The van der Waals surface area contributed by atoms with Gasteiger partial charge in [-0.1, -0.05) is 0 Å². The van der Waals surface area contributed by atoms with Gasteiger partial charge in [0.25, 0.3) is 0 Å². The molecule has 1 aliphatic rings. The van der Waals surface area contributed by atoms with Crippen LogP contribution in [0.15, 0.2) is 12.1 Å². The van der Waals surface area contributed by atoms with Crippen LogP contribution >= 0.6 is 22.6 Å². The number of anilines is 1. The summed E-state index contributed by atoms with van der Waals surface area (Å²) in [6, 6.07) is 3.15. The number of halogens is 2. The Morgan fingerprint density at radius 3 is 3.00 bits per heavy atom. The molecule has 1 N–H and O–H groups in total. The number of benzene rings is 1. The van der Waals surface area contributed by atoms with E-state index in [1.807, 2.05) is 0 Å². The van der Waals surface area contributed by atoms with E-state index >= 15 is 0 Å². The normalized spacial score (nSPS) is 13.9. The molecule has 3 rings (SSSR count). The number of aryl methyl sites for hydroxylation is 1. The van der Waals surface area contributed by atoms with Crippen LogP contribution in [0.2, 0.25) is 0 Å².